The maximum absolute atomic E-state index is 11.6. The van der Waals surface area contributed by atoms with Crippen molar-refractivity contribution in [2.75, 3.05) is 7.05 Å². The van der Waals surface area contributed by atoms with E-state index in [2.05, 4.69) is 10.7 Å². The molecule has 0 aliphatic rings. The van der Waals surface area contributed by atoms with E-state index in [1.807, 2.05) is 27.7 Å². The van der Waals surface area contributed by atoms with Gasteiger partial charge in [-0.25, -0.2) is 10.2 Å². The van der Waals surface area contributed by atoms with Crippen LogP contribution in [0.15, 0.2) is 0 Å². The number of carbonyl (C=O) groups is 2. The van der Waals surface area contributed by atoms with Gasteiger partial charge >= 0.3 is 6.03 Å². The Hall–Kier alpha value is -1.10. The van der Waals surface area contributed by atoms with E-state index < -0.39 is 6.03 Å². The van der Waals surface area contributed by atoms with Gasteiger partial charge in [-0.3, -0.25) is 4.79 Å². The van der Waals surface area contributed by atoms with Crippen molar-refractivity contribution in [3.8, 4) is 0 Å². The zero-order chi connectivity index (χ0) is 12.1. The van der Waals surface area contributed by atoms with Gasteiger partial charge in [0.15, 0.2) is 0 Å². The molecule has 0 saturated heterocycles. The van der Waals surface area contributed by atoms with Crippen LogP contribution >= 0.6 is 0 Å². The summed E-state index contributed by atoms with van der Waals surface area (Å²) in [5.41, 5.74) is 2.19. The number of hydrogen-bond donors (Lipinski definition) is 2. The fourth-order valence-corrected chi connectivity index (χ4v) is 1.15. The highest BCUT2D eigenvalue weighted by Gasteiger charge is 2.29. The predicted octanol–water partition coefficient (Wildman–Crippen LogP) is 1.11. The molecule has 0 spiro atoms. The number of urea groups is 1. The first kappa shape index (κ1) is 13.9. The highest BCUT2D eigenvalue weighted by atomic mass is 16.2. The molecule has 0 radical (unpaired) electrons. The number of rotatable bonds is 5. The van der Waals surface area contributed by atoms with Crippen LogP contribution in [-0.2, 0) is 4.79 Å². The van der Waals surface area contributed by atoms with Crippen LogP contribution in [0.2, 0.25) is 0 Å². The number of hydrogen-bond acceptors (Lipinski definition) is 3. The molecule has 1 unspecified atom stereocenters. The van der Waals surface area contributed by atoms with Crippen molar-refractivity contribution in [2.45, 2.75) is 39.7 Å². The summed E-state index contributed by atoms with van der Waals surface area (Å²) in [7, 11) is 1.52. The maximum Gasteiger partial charge on any atom is 0.339 e. The number of imide groups is 1. The van der Waals surface area contributed by atoms with Gasteiger partial charge in [0, 0.05) is 12.6 Å². The Kier molecular flexibility index (Phi) is 5.28. The fourth-order valence-electron chi connectivity index (χ4n) is 1.15. The van der Waals surface area contributed by atoms with Gasteiger partial charge in [0.25, 0.3) is 0 Å². The summed E-state index contributed by atoms with van der Waals surface area (Å²) in [5, 5.41) is 3.72. The maximum atomic E-state index is 11.6. The second-order valence-electron chi connectivity index (χ2n) is 4.05. The summed E-state index contributed by atoms with van der Waals surface area (Å²) in [6.07, 6.45) is 1.26. The zero-order valence-electron chi connectivity index (χ0n) is 10.1. The minimum absolute atomic E-state index is 0.296. The largest absolute Gasteiger partial charge is 0.339 e. The smallest absolute Gasteiger partial charge is 0.331 e. The Morgan fingerprint density at radius 2 is 2.07 bits per heavy atom. The molecule has 0 rings (SSSR count). The molecule has 15 heavy (non-hydrogen) atoms. The monoisotopic (exact) mass is 215 g/mol. The Labute approximate surface area is 91.2 Å². The zero-order valence-corrected chi connectivity index (χ0v) is 10.1. The Morgan fingerprint density at radius 1 is 1.53 bits per heavy atom. The molecule has 88 valence electrons. The SMILES string of the molecule is CCC(C)(NC(=O)N(C=O)NC)C(C)C. The van der Waals surface area contributed by atoms with Gasteiger partial charge in [-0.2, -0.15) is 5.01 Å². The first-order chi connectivity index (χ1) is 6.91. The number of nitrogens with zero attached hydrogens (tertiary/aromatic N) is 1. The fraction of sp³-hybridized carbons (Fsp3) is 0.800. The molecule has 0 aromatic heterocycles. The van der Waals surface area contributed by atoms with Gasteiger partial charge in [-0.05, 0) is 19.3 Å². The molecule has 0 fully saturated rings. The molecule has 0 aliphatic heterocycles. The minimum atomic E-state index is -0.425. The first-order valence-electron chi connectivity index (χ1n) is 5.15. The van der Waals surface area contributed by atoms with E-state index in [1.54, 1.807) is 0 Å². The molecule has 0 aromatic rings. The van der Waals surface area contributed by atoms with Crippen LogP contribution in [0.1, 0.15) is 34.1 Å². The molecule has 3 amide bonds. The average Bonchev–Trinajstić information content (AvgIpc) is 2.19. The molecule has 1 atom stereocenters. The lowest BCUT2D eigenvalue weighted by atomic mass is 9.86. The molecule has 5 heteroatoms. The molecule has 0 saturated carbocycles. The summed E-state index contributed by atoms with van der Waals surface area (Å²) >= 11 is 0. The third kappa shape index (κ3) is 3.51. The van der Waals surface area contributed by atoms with Gasteiger partial charge < -0.3 is 5.32 Å². The van der Waals surface area contributed by atoms with Crippen LogP contribution in [0.25, 0.3) is 0 Å². The molecule has 2 N–H and O–H groups in total. The van der Waals surface area contributed by atoms with Crippen molar-refractivity contribution in [3.63, 3.8) is 0 Å². The highest BCUT2D eigenvalue weighted by Crippen LogP contribution is 2.20. The lowest BCUT2D eigenvalue weighted by molar-refractivity contribution is -0.117. The van der Waals surface area contributed by atoms with Crippen molar-refractivity contribution in [2.24, 2.45) is 5.92 Å². The predicted molar refractivity (Wildman–Crippen MR) is 59.0 cm³/mol. The number of hydrazine groups is 1. The molecule has 5 nitrogen and oxygen atoms in total. The summed E-state index contributed by atoms with van der Waals surface area (Å²) < 4.78 is 0. The Morgan fingerprint density at radius 3 is 2.33 bits per heavy atom. The van der Waals surface area contributed by atoms with Crippen LogP contribution in [-0.4, -0.2) is 30.0 Å². The molecular weight excluding hydrogens is 194 g/mol. The molecular formula is C10H21N3O2. The van der Waals surface area contributed by atoms with Crippen molar-refractivity contribution in [3.05, 3.63) is 0 Å². The van der Waals surface area contributed by atoms with Gasteiger partial charge in [0.2, 0.25) is 6.41 Å². The van der Waals surface area contributed by atoms with Gasteiger partial charge in [-0.15, -0.1) is 0 Å². The van der Waals surface area contributed by atoms with E-state index in [0.717, 1.165) is 11.4 Å². The molecule has 0 bridgehead atoms. The summed E-state index contributed by atoms with van der Waals surface area (Å²) in [6.45, 7) is 8.04. The highest BCUT2D eigenvalue weighted by molar-refractivity contribution is 5.84. The van der Waals surface area contributed by atoms with Crippen LogP contribution in [0.3, 0.4) is 0 Å². The summed E-state index contributed by atoms with van der Waals surface area (Å²) in [6, 6.07) is -0.425. The lowest BCUT2D eigenvalue weighted by Gasteiger charge is -2.34. The lowest BCUT2D eigenvalue weighted by Crippen LogP contribution is -2.56. The van der Waals surface area contributed by atoms with Gasteiger partial charge in [0.05, 0.1) is 0 Å². The van der Waals surface area contributed by atoms with E-state index >= 15 is 0 Å². The standard InChI is InChI=1S/C10H21N3O2/c1-6-10(4,8(2)3)12-9(15)13(7-14)11-5/h7-8,11H,6H2,1-5H3,(H,12,15). The quantitative estimate of drug-likeness (QED) is 0.533. The van der Waals surface area contributed by atoms with Crippen molar-refractivity contribution in [1.29, 1.82) is 0 Å². The number of carbonyl (C=O) groups excluding carboxylic acids is 2. The Bertz CT molecular complexity index is 231. The summed E-state index contributed by atoms with van der Waals surface area (Å²) in [4.78, 5) is 22.1. The van der Waals surface area contributed by atoms with E-state index in [9.17, 15) is 9.59 Å². The van der Waals surface area contributed by atoms with Gasteiger partial charge in [0.1, 0.15) is 0 Å². The van der Waals surface area contributed by atoms with E-state index in [-0.39, 0.29) is 5.54 Å². The van der Waals surface area contributed by atoms with Crippen LogP contribution in [0.5, 0.6) is 0 Å². The molecule has 0 aromatic carbocycles. The van der Waals surface area contributed by atoms with Gasteiger partial charge in [-0.1, -0.05) is 20.8 Å². The van der Waals surface area contributed by atoms with E-state index in [0.29, 0.717) is 12.3 Å². The second-order valence-corrected chi connectivity index (χ2v) is 4.05. The van der Waals surface area contributed by atoms with Crippen LogP contribution < -0.4 is 10.7 Å². The van der Waals surface area contributed by atoms with Crippen molar-refractivity contribution < 1.29 is 9.59 Å². The molecule has 0 heterocycles. The third-order valence-electron chi connectivity index (χ3n) is 2.97. The minimum Gasteiger partial charge on any atom is -0.331 e. The Balaban J connectivity index is 4.55. The number of nitrogens with one attached hydrogen (secondary N) is 2. The molecule has 0 aliphatic carbocycles. The van der Waals surface area contributed by atoms with E-state index in [4.69, 9.17) is 0 Å². The number of amides is 3. The van der Waals surface area contributed by atoms with Crippen LogP contribution in [0, 0.1) is 5.92 Å². The normalized spacial score (nSPS) is 14.5. The van der Waals surface area contributed by atoms with Crippen molar-refractivity contribution >= 4 is 12.4 Å². The average molecular weight is 215 g/mol. The van der Waals surface area contributed by atoms with Crippen molar-refractivity contribution in [1.82, 2.24) is 15.8 Å². The topological polar surface area (TPSA) is 61.4 Å². The van der Waals surface area contributed by atoms with E-state index in [1.165, 1.54) is 7.05 Å². The van der Waals surface area contributed by atoms with Crippen LogP contribution in [0.4, 0.5) is 4.79 Å². The third-order valence-corrected chi connectivity index (χ3v) is 2.97. The second kappa shape index (κ2) is 5.70. The summed E-state index contributed by atoms with van der Waals surface area (Å²) in [5.74, 6) is 0.303. The first-order valence-corrected chi connectivity index (χ1v) is 5.15.